The molecule has 1 aliphatic heterocycles. The second kappa shape index (κ2) is 4.59. The van der Waals surface area contributed by atoms with Gasteiger partial charge in [0.2, 0.25) is 5.91 Å². The molecule has 1 aliphatic rings. The minimum absolute atomic E-state index is 0.00150. The number of fused-ring (bicyclic) bond motifs is 1. The quantitative estimate of drug-likeness (QED) is 0.835. The Balaban J connectivity index is 2.08. The highest BCUT2D eigenvalue weighted by atomic mass is 35.5. The van der Waals surface area contributed by atoms with Gasteiger partial charge in [-0.1, -0.05) is 29.8 Å². The summed E-state index contributed by atoms with van der Waals surface area (Å²) in [5.74, 6) is 0.107. The first kappa shape index (κ1) is 12.1. The van der Waals surface area contributed by atoms with Crippen LogP contribution in [0.4, 0.5) is 5.69 Å². The van der Waals surface area contributed by atoms with Crippen LogP contribution in [-0.2, 0) is 4.79 Å². The first-order valence-electron chi connectivity index (χ1n) is 6.02. The predicted molar refractivity (Wildman–Crippen MR) is 74.6 cm³/mol. The van der Waals surface area contributed by atoms with Crippen molar-refractivity contribution in [2.45, 2.75) is 12.3 Å². The van der Waals surface area contributed by atoms with Crippen molar-refractivity contribution in [1.82, 2.24) is 0 Å². The molecule has 0 spiro atoms. The van der Waals surface area contributed by atoms with Crippen LogP contribution < -0.4 is 5.32 Å². The average Bonchev–Trinajstić information content (AvgIpc) is 2.38. The number of nitrogens with one attached hydrogen (secondary N) is 1. The number of amides is 1. The van der Waals surface area contributed by atoms with Crippen LogP contribution in [0.5, 0.6) is 5.75 Å². The highest BCUT2D eigenvalue weighted by molar-refractivity contribution is 6.30. The lowest BCUT2D eigenvalue weighted by Crippen LogP contribution is -2.23. The fourth-order valence-electron chi connectivity index (χ4n) is 2.45. The maximum atomic E-state index is 11.8. The molecule has 0 aliphatic carbocycles. The summed E-state index contributed by atoms with van der Waals surface area (Å²) >= 11 is 5.89. The van der Waals surface area contributed by atoms with Crippen molar-refractivity contribution in [2.24, 2.45) is 0 Å². The Morgan fingerprint density at radius 2 is 1.89 bits per heavy atom. The Hall–Kier alpha value is -2.00. The second-order valence-electron chi connectivity index (χ2n) is 4.63. The van der Waals surface area contributed by atoms with Gasteiger partial charge in [-0.05, 0) is 29.3 Å². The van der Waals surface area contributed by atoms with Gasteiger partial charge in [-0.25, -0.2) is 0 Å². The predicted octanol–water partition coefficient (Wildman–Crippen LogP) is 3.52. The Morgan fingerprint density at radius 3 is 2.63 bits per heavy atom. The number of carbonyl (C=O) groups is 1. The summed E-state index contributed by atoms with van der Waals surface area (Å²) < 4.78 is 0. The molecular formula is C15H12ClNO2. The zero-order valence-corrected chi connectivity index (χ0v) is 10.8. The largest absolute Gasteiger partial charge is 0.508 e. The number of anilines is 1. The number of phenolic OH excluding ortho intramolecular Hbond substituents is 1. The summed E-state index contributed by atoms with van der Waals surface area (Å²) in [5, 5.41) is 13.0. The molecule has 0 aromatic heterocycles. The van der Waals surface area contributed by atoms with Crippen LogP contribution in [-0.4, -0.2) is 11.0 Å². The molecule has 0 saturated carbocycles. The number of carbonyl (C=O) groups excluding carboxylic acids is 1. The van der Waals surface area contributed by atoms with Gasteiger partial charge in [0, 0.05) is 29.1 Å². The number of benzene rings is 2. The molecule has 0 bridgehead atoms. The zero-order chi connectivity index (χ0) is 13.4. The molecule has 3 nitrogen and oxygen atoms in total. The molecule has 1 atom stereocenters. The molecule has 0 unspecified atom stereocenters. The molecule has 0 fully saturated rings. The molecule has 4 heteroatoms. The van der Waals surface area contributed by atoms with Crippen molar-refractivity contribution in [1.29, 1.82) is 0 Å². The number of aromatic hydroxyl groups is 1. The fraction of sp³-hybridized carbons (Fsp3) is 0.133. The first-order valence-corrected chi connectivity index (χ1v) is 6.39. The van der Waals surface area contributed by atoms with E-state index in [0.717, 1.165) is 11.1 Å². The van der Waals surface area contributed by atoms with Crippen molar-refractivity contribution in [3.05, 3.63) is 58.6 Å². The van der Waals surface area contributed by atoms with Crippen molar-refractivity contribution in [3.63, 3.8) is 0 Å². The van der Waals surface area contributed by atoms with Gasteiger partial charge < -0.3 is 10.4 Å². The van der Waals surface area contributed by atoms with Crippen LogP contribution in [0.3, 0.4) is 0 Å². The molecular weight excluding hydrogens is 262 g/mol. The highest BCUT2D eigenvalue weighted by Crippen LogP contribution is 2.38. The summed E-state index contributed by atoms with van der Waals surface area (Å²) in [6.07, 6.45) is 0.402. The molecule has 19 heavy (non-hydrogen) atoms. The summed E-state index contributed by atoms with van der Waals surface area (Å²) in [7, 11) is 0. The highest BCUT2D eigenvalue weighted by Gasteiger charge is 2.26. The van der Waals surface area contributed by atoms with E-state index in [9.17, 15) is 9.90 Å². The Bertz CT molecular complexity index is 637. The van der Waals surface area contributed by atoms with Gasteiger partial charge in [-0.15, -0.1) is 0 Å². The zero-order valence-electron chi connectivity index (χ0n) is 10.1. The molecule has 96 valence electrons. The molecule has 2 N–H and O–H groups in total. The maximum absolute atomic E-state index is 11.8. The molecule has 3 rings (SSSR count). The van der Waals surface area contributed by atoms with E-state index in [1.807, 2.05) is 30.3 Å². The Morgan fingerprint density at radius 1 is 1.16 bits per heavy atom. The number of hydrogen-bond donors (Lipinski definition) is 2. The Labute approximate surface area is 115 Å². The van der Waals surface area contributed by atoms with Crippen LogP contribution in [0.2, 0.25) is 5.02 Å². The van der Waals surface area contributed by atoms with Crippen molar-refractivity contribution >= 4 is 23.2 Å². The summed E-state index contributed by atoms with van der Waals surface area (Å²) in [6, 6.07) is 12.6. The van der Waals surface area contributed by atoms with Gasteiger partial charge in [0.1, 0.15) is 5.75 Å². The van der Waals surface area contributed by atoms with Crippen LogP contribution in [0.15, 0.2) is 42.5 Å². The van der Waals surface area contributed by atoms with Gasteiger partial charge in [-0.3, -0.25) is 4.79 Å². The van der Waals surface area contributed by atoms with E-state index in [0.29, 0.717) is 17.1 Å². The number of hydrogen-bond acceptors (Lipinski definition) is 2. The molecule has 2 aromatic rings. The minimum atomic E-state index is -0.0435. The monoisotopic (exact) mass is 273 g/mol. The average molecular weight is 274 g/mol. The molecule has 1 heterocycles. The van der Waals surface area contributed by atoms with Gasteiger partial charge in [0.25, 0.3) is 0 Å². The maximum Gasteiger partial charge on any atom is 0.225 e. The smallest absolute Gasteiger partial charge is 0.225 e. The van der Waals surface area contributed by atoms with E-state index in [4.69, 9.17) is 11.6 Å². The first-order chi connectivity index (χ1) is 9.13. The summed E-state index contributed by atoms with van der Waals surface area (Å²) in [6.45, 7) is 0. The van der Waals surface area contributed by atoms with E-state index in [2.05, 4.69) is 5.32 Å². The van der Waals surface area contributed by atoms with E-state index in [-0.39, 0.29) is 17.6 Å². The second-order valence-corrected chi connectivity index (χ2v) is 5.06. The molecule has 0 saturated heterocycles. The van der Waals surface area contributed by atoms with Gasteiger partial charge in [0.05, 0.1) is 0 Å². The Kier molecular flexibility index (Phi) is 2.91. The van der Waals surface area contributed by atoms with Crippen molar-refractivity contribution in [3.8, 4) is 5.75 Å². The third-order valence-electron chi connectivity index (χ3n) is 3.35. The topological polar surface area (TPSA) is 49.3 Å². The third-order valence-corrected chi connectivity index (χ3v) is 3.60. The SMILES string of the molecule is O=C1C[C@H](c2ccc(Cl)cc2)c2ccc(O)cc2N1. The van der Waals surface area contributed by atoms with Crippen LogP contribution in [0.1, 0.15) is 23.5 Å². The summed E-state index contributed by atoms with van der Waals surface area (Å²) in [5.41, 5.74) is 2.74. The number of halogens is 1. The lowest BCUT2D eigenvalue weighted by Gasteiger charge is -2.26. The molecule has 1 amide bonds. The van der Waals surface area contributed by atoms with E-state index in [1.54, 1.807) is 12.1 Å². The number of rotatable bonds is 1. The normalized spacial score (nSPS) is 17.7. The molecule has 2 aromatic carbocycles. The standard InChI is InChI=1S/C15H12ClNO2/c16-10-3-1-9(2-4-10)13-8-15(19)17-14-7-11(18)5-6-12(13)14/h1-7,13,18H,8H2,(H,17,19)/t13-/m1/s1. The van der Waals surface area contributed by atoms with Gasteiger partial charge in [0.15, 0.2) is 0 Å². The third kappa shape index (κ3) is 2.29. The molecule has 0 radical (unpaired) electrons. The lowest BCUT2D eigenvalue weighted by atomic mass is 9.85. The fourth-order valence-corrected chi connectivity index (χ4v) is 2.57. The van der Waals surface area contributed by atoms with Crippen LogP contribution >= 0.6 is 11.6 Å². The minimum Gasteiger partial charge on any atom is -0.508 e. The van der Waals surface area contributed by atoms with E-state index >= 15 is 0 Å². The van der Waals surface area contributed by atoms with Crippen LogP contribution in [0, 0.1) is 0 Å². The number of phenols is 1. The van der Waals surface area contributed by atoms with Gasteiger partial charge in [-0.2, -0.15) is 0 Å². The van der Waals surface area contributed by atoms with Crippen LogP contribution in [0.25, 0.3) is 0 Å². The summed E-state index contributed by atoms with van der Waals surface area (Å²) in [4.78, 5) is 11.8. The van der Waals surface area contributed by atoms with E-state index in [1.165, 1.54) is 0 Å². The van der Waals surface area contributed by atoms with Gasteiger partial charge >= 0.3 is 0 Å². The van der Waals surface area contributed by atoms with Crippen molar-refractivity contribution < 1.29 is 9.90 Å². The van der Waals surface area contributed by atoms with Crippen molar-refractivity contribution in [2.75, 3.05) is 5.32 Å². The lowest BCUT2D eigenvalue weighted by molar-refractivity contribution is -0.116. The van der Waals surface area contributed by atoms with E-state index < -0.39 is 0 Å².